The number of halogens is 1. The first-order valence-corrected chi connectivity index (χ1v) is 5.98. The predicted octanol–water partition coefficient (Wildman–Crippen LogP) is 4.00. The van der Waals surface area contributed by atoms with E-state index in [9.17, 15) is 9.90 Å². The van der Waals surface area contributed by atoms with E-state index in [-0.39, 0.29) is 5.41 Å². The lowest BCUT2D eigenvalue weighted by Crippen LogP contribution is -2.28. The lowest BCUT2D eigenvalue weighted by atomic mass is 9.81. The van der Waals surface area contributed by atoms with Gasteiger partial charge in [-0.25, -0.2) is 0 Å². The van der Waals surface area contributed by atoms with Gasteiger partial charge in [-0.05, 0) is 36.5 Å². The third kappa shape index (κ3) is 2.81. The molecule has 0 aliphatic carbocycles. The average Bonchev–Trinajstić information content (AvgIpc) is 2.15. The molecule has 17 heavy (non-hydrogen) atoms. The Morgan fingerprint density at radius 3 is 2.06 bits per heavy atom. The fourth-order valence-electron chi connectivity index (χ4n) is 1.64. The van der Waals surface area contributed by atoms with Gasteiger partial charge in [0.1, 0.15) is 0 Å². The monoisotopic (exact) mass is 254 g/mol. The molecule has 0 radical (unpaired) electrons. The molecule has 1 N–H and O–H groups in total. The Morgan fingerprint density at radius 2 is 1.71 bits per heavy atom. The Balaban J connectivity index is 3.27. The van der Waals surface area contributed by atoms with Gasteiger partial charge in [-0.3, -0.25) is 4.79 Å². The summed E-state index contributed by atoms with van der Waals surface area (Å²) in [4.78, 5) is 11.2. The van der Waals surface area contributed by atoms with Crippen LogP contribution >= 0.6 is 11.6 Å². The summed E-state index contributed by atoms with van der Waals surface area (Å²) < 4.78 is 0. The van der Waals surface area contributed by atoms with Gasteiger partial charge in [-0.15, -0.1) is 0 Å². The van der Waals surface area contributed by atoms with Crippen molar-refractivity contribution in [2.75, 3.05) is 0 Å². The Bertz CT molecular complexity index is 442. The molecule has 0 bridgehead atoms. The summed E-state index contributed by atoms with van der Waals surface area (Å²) >= 11 is 6.23. The molecule has 1 rings (SSSR count). The van der Waals surface area contributed by atoms with E-state index < -0.39 is 11.4 Å². The zero-order chi connectivity index (χ0) is 13.4. The van der Waals surface area contributed by atoms with Gasteiger partial charge in [0, 0.05) is 5.02 Å². The van der Waals surface area contributed by atoms with Gasteiger partial charge < -0.3 is 5.11 Å². The Kier molecular flexibility index (Phi) is 3.58. The van der Waals surface area contributed by atoms with E-state index in [1.807, 2.05) is 12.1 Å². The second-order valence-corrected chi connectivity index (χ2v) is 6.28. The fraction of sp³-hybridized carbons (Fsp3) is 0.500. The number of benzene rings is 1. The molecule has 0 saturated heterocycles. The predicted molar refractivity (Wildman–Crippen MR) is 70.8 cm³/mol. The minimum atomic E-state index is -0.917. The SMILES string of the molecule is CC(C)(C)c1ccc(C(C)(C)C(=O)O)cc1Cl. The second kappa shape index (κ2) is 4.34. The van der Waals surface area contributed by atoms with Crippen LogP contribution in [0.4, 0.5) is 0 Å². The zero-order valence-electron chi connectivity index (χ0n) is 11.0. The van der Waals surface area contributed by atoms with Crippen molar-refractivity contribution in [2.24, 2.45) is 0 Å². The molecule has 3 heteroatoms. The van der Waals surface area contributed by atoms with Crippen molar-refractivity contribution in [3.63, 3.8) is 0 Å². The van der Waals surface area contributed by atoms with Gasteiger partial charge in [-0.2, -0.15) is 0 Å². The third-order valence-corrected chi connectivity index (χ3v) is 3.35. The summed E-state index contributed by atoms with van der Waals surface area (Å²) in [6, 6.07) is 5.53. The lowest BCUT2D eigenvalue weighted by molar-refractivity contribution is -0.142. The molecule has 0 fully saturated rings. The second-order valence-electron chi connectivity index (χ2n) is 5.87. The van der Waals surface area contributed by atoms with Gasteiger partial charge in [0.2, 0.25) is 0 Å². The van der Waals surface area contributed by atoms with Crippen LogP contribution in [0.3, 0.4) is 0 Å². The van der Waals surface area contributed by atoms with E-state index in [0.29, 0.717) is 5.02 Å². The number of hydrogen-bond acceptors (Lipinski definition) is 1. The van der Waals surface area contributed by atoms with Gasteiger partial charge in [0.05, 0.1) is 5.41 Å². The van der Waals surface area contributed by atoms with E-state index in [1.54, 1.807) is 19.9 Å². The maximum atomic E-state index is 11.2. The van der Waals surface area contributed by atoms with E-state index in [0.717, 1.165) is 11.1 Å². The van der Waals surface area contributed by atoms with E-state index >= 15 is 0 Å². The lowest BCUT2D eigenvalue weighted by Gasteiger charge is -2.24. The highest BCUT2D eigenvalue weighted by atomic mass is 35.5. The molecule has 0 heterocycles. The maximum Gasteiger partial charge on any atom is 0.313 e. The van der Waals surface area contributed by atoms with Crippen LogP contribution < -0.4 is 0 Å². The number of carbonyl (C=O) groups is 1. The largest absolute Gasteiger partial charge is 0.481 e. The molecule has 0 unspecified atom stereocenters. The average molecular weight is 255 g/mol. The van der Waals surface area contributed by atoms with Crippen molar-refractivity contribution in [1.29, 1.82) is 0 Å². The number of hydrogen-bond donors (Lipinski definition) is 1. The Labute approximate surface area is 108 Å². The minimum Gasteiger partial charge on any atom is -0.481 e. The van der Waals surface area contributed by atoms with Crippen molar-refractivity contribution < 1.29 is 9.90 Å². The van der Waals surface area contributed by atoms with Gasteiger partial charge >= 0.3 is 5.97 Å². The molecule has 0 atom stereocenters. The van der Waals surface area contributed by atoms with Gasteiger partial charge in [-0.1, -0.05) is 44.5 Å². The van der Waals surface area contributed by atoms with Crippen LogP contribution in [0.15, 0.2) is 18.2 Å². The van der Waals surface area contributed by atoms with Crippen molar-refractivity contribution in [2.45, 2.75) is 45.4 Å². The van der Waals surface area contributed by atoms with Crippen LogP contribution in [0.2, 0.25) is 5.02 Å². The highest BCUT2D eigenvalue weighted by Crippen LogP contribution is 2.33. The first kappa shape index (κ1) is 14.0. The summed E-state index contributed by atoms with van der Waals surface area (Å²) in [6.07, 6.45) is 0. The van der Waals surface area contributed by atoms with Crippen molar-refractivity contribution in [3.8, 4) is 0 Å². The number of carboxylic acids is 1. The van der Waals surface area contributed by atoms with E-state index in [1.165, 1.54) is 0 Å². The Hall–Kier alpha value is -1.02. The van der Waals surface area contributed by atoms with Gasteiger partial charge in [0.25, 0.3) is 0 Å². The summed E-state index contributed by atoms with van der Waals surface area (Å²) in [7, 11) is 0. The summed E-state index contributed by atoms with van der Waals surface area (Å²) in [5.74, 6) is -0.850. The summed E-state index contributed by atoms with van der Waals surface area (Å²) in [5.41, 5.74) is 0.801. The summed E-state index contributed by atoms with van der Waals surface area (Å²) in [5, 5.41) is 9.80. The molecule has 0 amide bonds. The van der Waals surface area contributed by atoms with Gasteiger partial charge in [0.15, 0.2) is 0 Å². The van der Waals surface area contributed by atoms with Crippen molar-refractivity contribution >= 4 is 17.6 Å². The standard InChI is InChI=1S/C14H19ClO2/c1-13(2,3)10-7-6-9(8-11(10)15)14(4,5)12(16)17/h6-8H,1-5H3,(H,16,17). The smallest absolute Gasteiger partial charge is 0.313 e. The molecular weight excluding hydrogens is 236 g/mol. The summed E-state index contributed by atoms with van der Waals surface area (Å²) in [6.45, 7) is 9.60. The molecule has 0 saturated carbocycles. The highest BCUT2D eigenvalue weighted by molar-refractivity contribution is 6.31. The first-order chi connectivity index (χ1) is 7.56. The van der Waals surface area contributed by atoms with Crippen LogP contribution in [0, 0.1) is 0 Å². The van der Waals surface area contributed by atoms with Crippen LogP contribution in [-0.4, -0.2) is 11.1 Å². The van der Waals surface area contributed by atoms with Crippen LogP contribution in [0.5, 0.6) is 0 Å². The molecule has 0 spiro atoms. The van der Waals surface area contributed by atoms with Crippen molar-refractivity contribution in [3.05, 3.63) is 34.3 Å². The molecule has 0 aliphatic heterocycles. The maximum absolute atomic E-state index is 11.2. The molecule has 94 valence electrons. The third-order valence-electron chi connectivity index (χ3n) is 3.03. The van der Waals surface area contributed by atoms with Crippen LogP contribution in [0.25, 0.3) is 0 Å². The normalized spacial score (nSPS) is 12.6. The van der Waals surface area contributed by atoms with Crippen LogP contribution in [-0.2, 0) is 15.6 Å². The highest BCUT2D eigenvalue weighted by Gasteiger charge is 2.30. The molecule has 2 nitrogen and oxygen atoms in total. The first-order valence-electron chi connectivity index (χ1n) is 5.60. The number of carboxylic acid groups (broad SMARTS) is 1. The molecule has 0 aliphatic rings. The fourth-order valence-corrected chi connectivity index (χ4v) is 2.10. The van der Waals surface area contributed by atoms with E-state index in [2.05, 4.69) is 20.8 Å². The van der Waals surface area contributed by atoms with E-state index in [4.69, 9.17) is 11.6 Å². The van der Waals surface area contributed by atoms with Crippen molar-refractivity contribution in [1.82, 2.24) is 0 Å². The zero-order valence-corrected chi connectivity index (χ0v) is 11.7. The Morgan fingerprint density at radius 1 is 1.18 bits per heavy atom. The number of aliphatic carboxylic acids is 1. The minimum absolute atomic E-state index is 0.0387. The molecular formula is C14H19ClO2. The molecule has 1 aromatic rings. The molecule has 0 aromatic heterocycles. The molecule has 1 aromatic carbocycles. The quantitative estimate of drug-likeness (QED) is 0.866. The number of rotatable bonds is 2. The van der Waals surface area contributed by atoms with Crippen LogP contribution in [0.1, 0.15) is 45.7 Å². The topological polar surface area (TPSA) is 37.3 Å².